The second-order valence-corrected chi connectivity index (χ2v) is 10.2. The van der Waals surface area contributed by atoms with Crippen LogP contribution in [0.1, 0.15) is 21.7 Å². The Hall–Kier alpha value is -4.07. The first-order valence-corrected chi connectivity index (χ1v) is 13.5. The monoisotopic (exact) mass is 577 g/mol. The lowest BCUT2D eigenvalue weighted by Gasteiger charge is -2.37. The van der Waals surface area contributed by atoms with E-state index in [-0.39, 0.29) is 16.8 Å². The van der Waals surface area contributed by atoms with E-state index >= 15 is 0 Å². The fraction of sp³-hybridized carbons (Fsp3) is 0.161. The number of carbonyl (C=O) groups is 2. The molecule has 1 aliphatic rings. The van der Waals surface area contributed by atoms with Gasteiger partial charge in [-0.15, -0.1) is 0 Å². The molecule has 1 aliphatic heterocycles. The van der Waals surface area contributed by atoms with E-state index in [2.05, 4.69) is 10.2 Å². The summed E-state index contributed by atoms with van der Waals surface area (Å²) in [6, 6.07) is 20.7. The third-order valence-electron chi connectivity index (χ3n) is 6.66. The number of piperazine rings is 1. The molecule has 0 radical (unpaired) electrons. The van der Waals surface area contributed by atoms with E-state index < -0.39 is 5.82 Å². The average Bonchev–Trinajstić information content (AvgIpc) is 3.43. The van der Waals surface area contributed by atoms with Gasteiger partial charge in [0.1, 0.15) is 17.3 Å². The molecule has 1 saturated heterocycles. The van der Waals surface area contributed by atoms with Crippen molar-refractivity contribution in [2.45, 2.75) is 6.92 Å². The molecule has 1 N–H and O–H groups in total. The summed E-state index contributed by atoms with van der Waals surface area (Å²) < 4.78 is 19.2. The third-order valence-corrected chi connectivity index (χ3v) is 7.25. The second kappa shape index (κ2) is 12.0. The SMILES string of the molecule is Cc1ccc(C(=O)N2CCN(c3c(Cl)cccc3NC(=O)/C=C/c3ccc(-c4ccc(F)c(Cl)c4)o3)CC2)cc1. The van der Waals surface area contributed by atoms with Gasteiger partial charge in [-0.25, -0.2) is 4.39 Å². The first-order chi connectivity index (χ1) is 19.3. The van der Waals surface area contributed by atoms with Crippen molar-refractivity contribution in [2.24, 2.45) is 0 Å². The highest BCUT2D eigenvalue weighted by molar-refractivity contribution is 6.34. The van der Waals surface area contributed by atoms with Crippen molar-refractivity contribution in [1.82, 2.24) is 4.90 Å². The Balaban J connectivity index is 1.23. The number of nitrogens with one attached hydrogen (secondary N) is 1. The number of nitrogens with zero attached hydrogens (tertiary/aromatic N) is 2. The summed E-state index contributed by atoms with van der Waals surface area (Å²) in [6.07, 6.45) is 2.91. The Kier molecular flexibility index (Phi) is 8.24. The second-order valence-electron chi connectivity index (χ2n) is 9.43. The largest absolute Gasteiger partial charge is 0.457 e. The van der Waals surface area contributed by atoms with E-state index in [9.17, 15) is 14.0 Å². The van der Waals surface area contributed by atoms with Crippen LogP contribution in [-0.4, -0.2) is 42.9 Å². The smallest absolute Gasteiger partial charge is 0.253 e. The lowest BCUT2D eigenvalue weighted by Crippen LogP contribution is -2.49. The summed E-state index contributed by atoms with van der Waals surface area (Å²) >= 11 is 12.4. The zero-order valence-electron chi connectivity index (χ0n) is 21.7. The van der Waals surface area contributed by atoms with Crippen LogP contribution in [0.5, 0.6) is 0 Å². The summed E-state index contributed by atoms with van der Waals surface area (Å²) in [5, 5.41) is 3.41. The highest BCUT2D eigenvalue weighted by Gasteiger charge is 2.25. The molecule has 0 spiro atoms. The van der Waals surface area contributed by atoms with Gasteiger partial charge in [-0.3, -0.25) is 9.59 Å². The van der Waals surface area contributed by atoms with Crippen molar-refractivity contribution < 1.29 is 18.4 Å². The van der Waals surface area contributed by atoms with E-state index in [4.69, 9.17) is 27.6 Å². The molecule has 4 aromatic rings. The maximum absolute atomic E-state index is 13.5. The van der Waals surface area contributed by atoms with Gasteiger partial charge >= 0.3 is 0 Å². The maximum Gasteiger partial charge on any atom is 0.253 e. The van der Waals surface area contributed by atoms with Gasteiger partial charge in [0.25, 0.3) is 5.91 Å². The Morgan fingerprint density at radius 1 is 0.925 bits per heavy atom. The number of furan rings is 1. The number of para-hydroxylation sites is 1. The van der Waals surface area contributed by atoms with Crippen LogP contribution in [0.15, 0.2) is 83.3 Å². The first-order valence-electron chi connectivity index (χ1n) is 12.7. The average molecular weight is 578 g/mol. The van der Waals surface area contributed by atoms with Crippen LogP contribution in [-0.2, 0) is 4.79 Å². The lowest BCUT2D eigenvalue weighted by atomic mass is 10.1. The summed E-state index contributed by atoms with van der Waals surface area (Å²) in [6.45, 7) is 4.20. The predicted molar refractivity (Wildman–Crippen MR) is 158 cm³/mol. The van der Waals surface area contributed by atoms with E-state index in [1.165, 1.54) is 18.2 Å². The van der Waals surface area contributed by atoms with Crippen LogP contribution in [0.25, 0.3) is 17.4 Å². The molecular weight excluding hydrogens is 552 g/mol. The number of aryl methyl sites for hydroxylation is 1. The van der Waals surface area contributed by atoms with Gasteiger partial charge in [-0.2, -0.15) is 0 Å². The van der Waals surface area contributed by atoms with Gasteiger partial charge in [0.2, 0.25) is 5.91 Å². The van der Waals surface area contributed by atoms with Crippen molar-refractivity contribution in [2.75, 3.05) is 36.4 Å². The number of amides is 2. The molecule has 0 atom stereocenters. The molecule has 204 valence electrons. The van der Waals surface area contributed by atoms with Gasteiger partial charge in [0.15, 0.2) is 0 Å². The van der Waals surface area contributed by atoms with E-state index in [1.807, 2.05) is 36.1 Å². The number of carbonyl (C=O) groups excluding carboxylic acids is 2. The maximum atomic E-state index is 13.5. The normalized spacial score (nSPS) is 13.6. The van der Waals surface area contributed by atoms with Gasteiger partial charge < -0.3 is 19.5 Å². The summed E-state index contributed by atoms with van der Waals surface area (Å²) in [7, 11) is 0. The molecule has 3 aromatic carbocycles. The van der Waals surface area contributed by atoms with Crippen LogP contribution < -0.4 is 10.2 Å². The summed E-state index contributed by atoms with van der Waals surface area (Å²) in [4.78, 5) is 29.6. The van der Waals surface area contributed by atoms with E-state index in [0.717, 1.165) is 5.56 Å². The summed E-state index contributed by atoms with van der Waals surface area (Å²) in [5.41, 5.74) is 3.68. The number of anilines is 2. The molecule has 0 bridgehead atoms. The Morgan fingerprint density at radius 2 is 1.68 bits per heavy atom. The van der Waals surface area contributed by atoms with Crippen LogP contribution in [0.3, 0.4) is 0 Å². The van der Waals surface area contributed by atoms with Crippen molar-refractivity contribution in [3.05, 3.63) is 112 Å². The van der Waals surface area contributed by atoms with Crippen molar-refractivity contribution >= 4 is 52.5 Å². The number of halogens is 3. The highest BCUT2D eigenvalue weighted by Crippen LogP contribution is 2.35. The zero-order valence-corrected chi connectivity index (χ0v) is 23.2. The summed E-state index contributed by atoms with van der Waals surface area (Å²) in [5.74, 6) is 0.0812. The van der Waals surface area contributed by atoms with Crippen LogP contribution in [0.2, 0.25) is 10.0 Å². The lowest BCUT2D eigenvalue weighted by molar-refractivity contribution is -0.111. The molecule has 9 heteroatoms. The van der Waals surface area contributed by atoms with Crippen molar-refractivity contribution in [3.8, 4) is 11.3 Å². The molecule has 0 saturated carbocycles. The zero-order chi connectivity index (χ0) is 28.2. The van der Waals surface area contributed by atoms with Crippen LogP contribution in [0.4, 0.5) is 15.8 Å². The minimum absolute atomic E-state index is 0.00100. The van der Waals surface area contributed by atoms with Crippen LogP contribution >= 0.6 is 23.2 Å². The topological polar surface area (TPSA) is 65.8 Å². The molecule has 6 nitrogen and oxygen atoms in total. The molecule has 0 unspecified atom stereocenters. The van der Waals surface area contributed by atoms with Gasteiger partial charge in [-0.1, -0.05) is 47.0 Å². The number of hydrogen-bond donors (Lipinski definition) is 1. The molecule has 40 heavy (non-hydrogen) atoms. The number of benzene rings is 3. The Morgan fingerprint density at radius 3 is 2.40 bits per heavy atom. The van der Waals surface area contributed by atoms with E-state index in [0.29, 0.717) is 65.2 Å². The quantitative estimate of drug-likeness (QED) is 0.244. The molecule has 0 aliphatic carbocycles. The molecule has 5 rings (SSSR count). The fourth-order valence-electron chi connectivity index (χ4n) is 4.53. The number of hydrogen-bond acceptors (Lipinski definition) is 4. The minimum Gasteiger partial charge on any atom is -0.457 e. The number of rotatable bonds is 6. The minimum atomic E-state index is -0.508. The third kappa shape index (κ3) is 6.22. The highest BCUT2D eigenvalue weighted by atomic mass is 35.5. The molecule has 2 amide bonds. The molecule has 1 aromatic heterocycles. The predicted octanol–water partition coefficient (Wildman–Crippen LogP) is 7.32. The van der Waals surface area contributed by atoms with Gasteiger partial charge in [0, 0.05) is 43.4 Å². The fourth-order valence-corrected chi connectivity index (χ4v) is 5.00. The van der Waals surface area contributed by atoms with Crippen molar-refractivity contribution in [3.63, 3.8) is 0 Å². The molecular formula is C31H26Cl2FN3O3. The van der Waals surface area contributed by atoms with Crippen LogP contribution in [0, 0.1) is 12.7 Å². The van der Waals surface area contributed by atoms with Crippen molar-refractivity contribution in [1.29, 1.82) is 0 Å². The Labute approximate surface area is 241 Å². The first kappa shape index (κ1) is 27.5. The molecule has 2 heterocycles. The van der Waals surface area contributed by atoms with Gasteiger partial charge in [0.05, 0.1) is 21.4 Å². The van der Waals surface area contributed by atoms with Gasteiger partial charge in [-0.05, 0) is 67.6 Å². The Bertz CT molecular complexity index is 1580. The van der Waals surface area contributed by atoms with E-state index in [1.54, 1.807) is 42.5 Å². The molecule has 1 fully saturated rings. The standard InChI is InChI=1S/C31H26Cl2FN3O3/c1-20-5-7-21(8-6-20)31(39)37-17-15-36(16-18-37)30-24(32)3-2-4-27(30)35-29(38)14-11-23-10-13-28(40-23)22-9-12-26(34)25(33)19-22/h2-14,19H,15-18H2,1H3,(H,35,38)/b14-11+.